The van der Waals surface area contributed by atoms with Crippen molar-refractivity contribution in [2.45, 2.75) is 17.4 Å². The summed E-state index contributed by atoms with van der Waals surface area (Å²) in [7, 11) is -2.32. The van der Waals surface area contributed by atoms with Gasteiger partial charge in [-0.1, -0.05) is 18.2 Å². The molecule has 0 saturated heterocycles. The summed E-state index contributed by atoms with van der Waals surface area (Å²) >= 11 is 0. The van der Waals surface area contributed by atoms with Gasteiger partial charge in [-0.2, -0.15) is 0 Å². The second-order valence-electron chi connectivity index (χ2n) is 5.09. The minimum atomic E-state index is -3.77. The number of sulfonamides is 1. The Balaban J connectivity index is 2.30. The van der Waals surface area contributed by atoms with Gasteiger partial charge in [0.05, 0.1) is 17.7 Å². The molecule has 2 aromatic rings. The van der Waals surface area contributed by atoms with E-state index in [0.29, 0.717) is 5.52 Å². The molecule has 1 atom stereocenters. The number of rotatable bonds is 6. The molecule has 0 unspecified atom stereocenters. The number of aromatic nitrogens is 1. The zero-order valence-corrected chi connectivity index (χ0v) is 12.7. The second-order valence-corrected chi connectivity index (χ2v) is 6.82. The van der Waals surface area contributed by atoms with Gasteiger partial charge in [-0.25, -0.2) is 13.1 Å². The summed E-state index contributed by atoms with van der Waals surface area (Å²) < 4.78 is 32.0. The average molecular weight is 310 g/mol. The number of nitrogens with one attached hydrogen (secondary N) is 1. The number of pyridine rings is 1. The first kappa shape index (κ1) is 15.8. The molecular weight excluding hydrogens is 292 g/mol. The molecule has 2 rings (SSSR count). The van der Waals surface area contributed by atoms with Crippen molar-refractivity contribution in [1.29, 1.82) is 0 Å². The van der Waals surface area contributed by atoms with Gasteiger partial charge >= 0.3 is 0 Å². The average Bonchev–Trinajstić information content (AvgIpc) is 2.45. The second kappa shape index (κ2) is 6.07. The fourth-order valence-corrected chi connectivity index (χ4v) is 3.32. The number of methoxy groups -OCH3 is 1. The van der Waals surface area contributed by atoms with Crippen molar-refractivity contribution < 1.29 is 18.3 Å². The molecule has 1 heterocycles. The van der Waals surface area contributed by atoms with Crippen molar-refractivity contribution in [3.8, 4) is 0 Å². The lowest BCUT2D eigenvalue weighted by Gasteiger charge is -2.22. The molecule has 0 aliphatic carbocycles. The molecule has 1 aromatic heterocycles. The Hall–Kier alpha value is -1.54. The number of nitrogens with zero attached hydrogens (tertiary/aromatic N) is 1. The van der Waals surface area contributed by atoms with Gasteiger partial charge in [-0.05, 0) is 19.1 Å². The monoisotopic (exact) mass is 310 g/mol. The maximum atomic E-state index is 12.4. The van der Waals surface area contributed by atoms with E-state index in [9.17, 15) is 13.5 Å². The Morgan fingerprint density at radius 2 is 2.05 bits per heavy atom. The van der Waals surface area contributed by atoms with Crippen LogP contribution >= 0.6 is 0 Å². The first-order valence-corrected chi connectivity index (χ1v) is 7.89. The predicted octanol–water partition coefficient (Wildman–Crippen LogP) is 0.910. The van der Waals surface area contributed by atoms with Gasteiger partial charge in [0.25, 0.3) is 0 Å². The quantitative estimate of drug-likeness (QED) is 0.828. The minimum Gasteiger partial charge on any atom is -0.386 e. The number of aliphatic hydroxyl groups is 1. The van der Waals surface area contributed by atoms with Gasteiger partial charge in [0, 0.05) is 25.2 Å². The first-order valence-electron chi connectivity index (χ1n) is 6.40. The van der Waals surface area contributed by atoms with Crippen molar-refractivity contribution in [2.24, 2.45) is 0 Å². The summed E-state index contributed by atoms with van der Waals surface area (Å²) in [5.74, 6) is 0. The van der Waals surface area contributed by atoms with Crippen LogP contribution in [0.5, 0.6) is 0 Å². The topological polar surface area (TPSA) is 88.5 Å². The highest BCUT2D eigenvalue weighted by atomic mass is 32.2. The SMILES string of the molecule is COC[C@](C)(O)CNS(=O)(=O)c1cccc2cccnc12. The summed E-state index contributed by atoms with van der Waals surface area (Å²) in [5.41, 5.74) is -0.876. The van der Waals surface area contributed by atoms with E-state index in [1.165, 1.54) is 20.1 Å². The van der Waals surface area contributed by atoms with Crippen molar-refractivity contribution in [2.75, 3.05) is 20.3 Å². The highest BCUT2D eigenvalue weighted by Crippen LogP contribution is 2.20. The van der Waals surface area contributed by atoms with Crippen molar-refractivity contribution in [1.82, 2.24) is 9.71 Å². The van der Waals surface area contributed by atoms with E-state index in [1.807, 2.05) is 0 Å². The van der Waals surface area contributed by atoms with Gasteiger partial charge in [0.1, 0.15) is 4.90 Å². The molecule has 0 aliphatic heterocycles. The van der Waals surface area contributed by atoms with Crippen LogP contribution in [0.2, 0.25) is 0 Å². The van der Waals surface area contributed by atoms with Crippen LogP contribution in [0.4, 0.5) is 0 Å². The minimum absolute atomic E-state index is 0.0311. The van der Waals surface area contributed by atoms with E-state index in [2.05, 4.69) is 9.71 Å². The molecule has 0 saturated carbocycles. The van der Waals surface area contributed by atoms with Crippen LogP contribution < -0.4 is 4.72 Å². The molecule has 0 fully saturated rings. The fourth-order valence-electron chi connectivity index (χ4n) is 1.98. The van der Waals surface area contributed by atoms with Gasteiger partial charge in [-0.3, -0.25) is 4.98 Å². The number of benzene rings is 1. The Morgan fingerprint density at radius 3 is 2.76 bits per heavy atom. The Kier molecular flexibility index (Phi) is 4.58. The summed E-state index contributed by atoms with van der Waals surface area (Å²) in [6.07, 6.45) is 1.54. The lowest BCUT2D eigenvalue weighted by atomic mass is 10.1. The van der Waals surface area contributed by atoms with E-state index < -0.39 is 15.6 Å². The lowest BCUT2D eigenvalue weighted by Crippen LogP contribution is -2.43. The van der Waals surface area contributed by atoms with Crippen molar-refractivity contribution >= 4 is 20.9 Å². The Bertz CT molecular complexity index is 723. The summed E-state index contributed by atoms with van der Waals surface area (Å²) in [6.45, 7) is 1.38. The highest BCUT2D eigenvalue weighted by Gasteiger charge is 2.25. The maximum Gasteiger partial charge on any atom is 0.242 e. The van der Waals surface area contributed by atoms with Crippen LogP contribution in [0.3, 0.4) is 0 Å². The molecule has 0 amide bonds. The third-order valence-corrected chi connectivity index (χ3v) is 4.42. The van der Waals surface area contributed by atoms with Crippen LogP contribution in [-0.2, 0) is 14.8 Å². The van der Waals surface area contributed by atoms with E-state index in [0.717, 1.165) is 5.39 Å². The van der Waals surface area contributed by atoms with Crippen LogP contribution in [0.15, 0.2) is 41.4 Å². The molecule has 1 aromatic carbocycles. The standard InChI is InChI=1S/C14H18N2O4S/c1-14(17,10-20-2)9-16-21(18,19)12-7-3-5-11-6-4-8-15-13(11)12/h3-8,16-17H,9-10H2,1-2H3/t14-/m1/s1. The molecule has 7 heteroatoms. The summed E-state index contributed by atoms with van der Waals surface area (Å²) in [4.78, 5) is 4.21. The fraction of sp³-hybridized carbons (Fsp3) is 0.357. The molecule has 0 aliphatic rings. The first-order chi connectivity index (χ1) is 9.86. The smallest absolute Gasteiger partial charge is 0.242 e. The van der Waals surface area contributed by atoms with Gasteiger partial charge in [-0.15, -0.1) is 0 Å². The van der Waals surface area contributed by atoms with E-state index in [-0.39, 0.29) is 18.0 Å². The van der Waals surface area contributed by atoms with E-state index in [1.54, 1.807) is 30.5 Å². The largest absolute Gasteiger partial charge is 0.386 e. The molecule has 0 bridgehead atoms. The molecule has 21 heavy (non-hydrogen) atoms. The third-order valence-electron chi connectivity index (χ3n) is 2.98. The van der Waals surface area contributed by atoms with Gasteiger partial charge in [0.15, 0.2) is 0 Å². The summed E-state index contributed by atoms with van der Waals surface area (Å²) in [5, 5.41) is 10.7. The molecule has 0 radical (unpaired) electrons. The Morgan fingerprint density at radius 1 is 1.33 bits per heavy atom. The van der Waals surface area contributed by atoms with Gasteiger partial charge < -0.3 is 9.84 Å². The third kappa shape index (κ3) is 3.76. The molecule has 0 spiro atoms. The number of hydrogen-bond donors (Lipinski definition) is 2. The van der Waals surface area contributed by atoms with E-state index >= 15 is 0 Å². The molecule has 2 N–H and O–H groups in total. The molecule has 6 nitrogen and oxygen atoms in total. The summed E-state index contributed by atoms with van der Waals surface area (Å²) in [6, 6.07) is 8.48. The number of para-hydroxylation sites is 1. The van der Waals surface area contributed by atoms with Crippen LogP contribution in [-0.4, -0.2) is 44.4 Å². The predicted molar refractivity (Wildman–Crippen MR) is 79.4 cm³/mol. The van der Waals surface area contributed by atoms with Crippen LogP contribution in [0.1, 0.15) is 6.92 Å². The van der Waals surface area contributed by atoms with Crippen molar-refractivity contribution in [3.05, 3.63) is 36.5 Å². The normalized spacial score (nSPS) is 15.0. The van der Waals surface area contributed by atoms with Gasteiger partial charge in [0.2, 0.25) is 10.0 Å². The molecular formula is C14H18N2O4S. The highest BCUT2D eigenvalue weighted by molar-refractivity contribution is 7.89. The number of ether oxygens (including phenoxy) is 1. The molecule has 114 valence electrons. The zero-order valence-electron chi connectivity index (χ0n) is 11.9. The van der Waals surface area contributed by atoms with Crippen molar-refractivity contribution in [3.63, 3.8) is 0 Å². The zero-order chi connectivity index (χ0) is 15.5. The Labute approximate surface area is 123 Å². The van der Waals surface area contributed by atoms with Crippen LogP contribution in [0.25, 0.3) is 10.9 Å². The van der Waals surface area contributed by atoms with Crippen LogP contribution in [0, 0.1) is 0 Å². The number of fused-ring (bicyclic) bond motifs is 1. The maximum absolute atomic E-state index is 12.4. The lowest BCUT2D eigenvalue weighted by molar-refractivity contribution is -0.0119. The van der Waals surface area contributed by atoms with E-state index in [4.69, 9.17) is 4.74 Å². The number of hydrogen-bond acceptors (Lipinski definition) is 5.